The quantitative estimate of drug-likeness (QED) is 0.592. The van der Waals surface area contributed by atoms with Crippen LogP contribution in [0.15, 0.2) is 52.3 Å². The number of hydrogen-bond donors (Lipinski definition) is 0. The Hall–Kier alpha value is -2.21. The molecule has 2 aromatic carbocycles. The van der Waals surface area contributed by atoms with Gasteiger partial charge in [0, 0.05) is 19.2 Å². The summed E-state index contributed by atoms with van der Waals surface area (Å²) in [6.07, 6.45) is 0. The first-order valence-corrected chi connectivity index (χ1v) is 6.77. The van der Waals surface area contributed by atoms with Crippen molar-refractivity contribution in [1.82, 2.24) is 0 Å². The predicted octanol–water partition coefficient (Wildman–Crippen LogP) is 2.84. The number of para-hydroxylation sites is 1. The number of anilines is 2. The van der Waals surface area contributed by atoms with Crippen molar-refractivity contribution in [3.8, 4) is 0 Å². The Morgan fingerprint density at radius 1 is 1.11 bits per heavy atom. The largest absolute Gasteiger partial charge is 0.343 e. The molecule has 0 aliphatic carbocycles. The van der Waals surface area contributed by atoms with Crippen LogP contribution in [-0.4, -0.2) is 16.2 Å². The fourth-order valence-corrected chi connectivity index (χ4v) is 3.64. The molecule has 0 aromatic heterocycles. The zero-order valence-corrected chi connectivity index (χ0v) is 10.9. The molecule has 0 N–H and O–H groups in total. The highest BCUT2D eigenvalue weighted by Gasteiger charge is 2.27. The Morgan fingerprint density at radius 2 is 1.79 bits per heavy atom. The van der Waals surface area contributed by atoms with Crippen LogP contribution in [0.2, 0.25) is 0 Å². The molecule has 2 aromatic rings. The Bertz CT molecular complexity index is 715. The Labute approximate surface area is 112 Å². The predicted molar refractivity (Wildman–Crippen MR) is 72.3 cm³/mol. The van der Waals surface area contributed by atoms with Crippen LogP contribution in [-0.2, 0) is 10.8 Å². The van der Waals surface area contributed by atoms with Gasteiger partial charge >= 0.3 is 0 Å². The van der Waals surface area contributed by atoms with Gasteiger partial charge in [0.15, 0.2) is 0 Å². The second-order valence-electron chi connectivity index (χ2n) is 4.20. The van der Waals surface area contributed by atoms with Gasteiger partial charge in [0.1, 0.15) is 0 Å². The third-order valence-electron chi connectivity index (χ3n) is 3.14. The number of fused-ring (bicyclic) bond motifs is 2. The zero-order valence-electron chi connectivity index (χ0n) is 10.1. The monoisotopic (exact) mass is 274 g/mol. The minimum absolute atomic E-state index is 0.0418. The minimum atomic E-state index is -1.38. The van der Waals surface area contributed by atoms with Gasteiger partial charge in [-0.1, -0.05) is 12.1 Å². The van der Waals surface area contributed by atoms with E-state index in [9.17, 15) is 14.3 Å². The maximum atomic E-state index is 12.5. The van der Waals surface area contributed by atoms with E-state index in [0.29, 0.717) is 9.79 Å². The topological polar surface area (TPSA) is 63.5 Å². The summed E-state index contributed by atoms with van der Waals surface area (Å²) in [7, 11) is 0.477. The van der Waals surface area contributed by atoms with Crippen LogP contribution >= 0.6 is 0 Å². The van der Waals surface area contributed by atoms with Gasteiger partial charge in [-0.15, -0.1) is 0 Å². The standard InChI is InChI=1S/C13H10N2O3S/c1-14-10-4-2-3-5-12(10)19(18)13-8-9(15(16)17)6-7-11(13)14/h2-8H,1H3. The second kappa shape index (κ2) is 4.17. The van der Waals surface area contributed by atoms with E-state index in [1.807, 2.05) is 30.1 Å². The molecule has 0 saturated heterocycles. The average Bonchev–Trinajstić information content (AvgIpc) is 2.44. The lowest BCUT2D eigenvalue weighted by atomic mass is 10.2. The van der Waals surface area contributed by atoms with E-state index >= 15 is 0 Å². The number of non-ortho nitro benzene ring substituents is 1. The van der Waals surface area contributed by atoms with Gasteiger partial charge in [-0.3, -0.25) is 10.1 Å². The molecule has 6 heteroatoms. The van der Waals surface area contributed by atoms with Crippen molar-refractivity contribution in [3.05, 3.63) is 52.6 Å². The van der Waals surface area contributed by atoms with Crippen LogP contribution in [0.5, 0.6) is 0 Å². The van der Waals surface area contributed by atoms with E-state index < -0.39 is 15.7 Å². The smallest absolute Gasteiger partial charge is 0.270 e. The number of hydrogen-bond acceptors (Lipinski definition) is 4. The maximum absolute atomic E-state index is 12.5. The highest BCUT2D eigenvalue weighted by Crippen LogP contribution is 2.41. The maximum Gasteiger partial charge on any atom is 0.270 e. The zero-order chi connectivity index (χ0) is 13.6. The second-order valence-corrected chi connectivity index (χ2v) is 5.62. The van der Waals surface area contributed by atoms with Gasteiger partial charge in [0.2, 0.25) is 0 Å². The SMILES string of the molecule is CN1c2ccccc2S(=O)c2cc([N+](=O)[O-])ccc21. The lowest BCUT2D eigenvalue weighted by Crippen LogP contribution is -2.19. The molecule has 0 radical (unpaired) electrons. The highest BCUT2D eigenvalue weighted by molar-refractivity contribution is 7.85. The fraction of sp³-hybridized carbons (Fsp3) is 0.0769. The third kappa shape index (κ3) is 1.72. The molecule has 0 amide bonds. The number of nitro groups is 1. The first-order valence-electron chi connectivity index (χ1n) is 5.62. The molecule has 1 aliphatic rings. The van der Waals surface area contributed by atoms with Gasteiger partial charge in [-0.2, -0.15) is 0 Å². The van der Waals surface area contributed by atoms with Crippen LogP contribution in [0, 0.1) is 10.1 Å². The van der Waals surface area contributed by atoms with E-state index in [1.165, 1.54) is 12.1 Å². The van der Waals surface area contributed by atoms with Crippen molar-refractivity contribution < 1.29 is 9.13 Å². The van der Waals surface area contributed by atoms with E-state index in [0.717, 1.165) is 11.4 Å². The fourth-order valence-electron chi connectivity index (χ4n) is 2.18. The Balaban J connectivity index is 2.24. The average molecular weight is 274 g/mol. The van der Waals surface area contributed by atoms with E-state index in [-0.39, 0.29) is 5.69 Å². The van der Waals surface area contributed by atoms with Crippen molar-refractivity contribution in [2.45, 2.75) is 9.79 Å². The first kappa shape index (κ1) is 11.9. The molecular formula is C13H10N2O3S. The summed E-state index contributed by atoms with van der Waals surface area (Å²) in [5.74, 6) is 0. The van der Waals surface area contributed by atoms with Crippen molar-refractivity contribution in [2.24, 2.45) is 0 Å². The molecule has 96 valence electrons. The summed E-state index contributed by atoms with van der Waals surface area (Å²) in [5, 5.41) is 10.8. The van der Waals surface area contributed by atoms with E-state index in [4.69, 9.17) is 0 Å². The van der Waals surface area contributed by atoms with Gasteiger partial charge < -0.3 is 4.90 Å². The highest BCUT2D eigenvalue weighted by atomic mass is 32.2. The summed E-state index contributed by atoms with van der Waals surface area (Å²) in [4.78, 5) is 13.4. The van der Waals surface area contributed by atoms with Crippen molar-refractivity contribution in [1.29, 1.82) is 0 Å². The molecule has 0 bridgehead atoms. The molecule has 0 fully saturated rings. The van der Waals surface area contributed by atoms with Crippen LogP contribution in [0.25, 0.3) is 0 Å². The Kier molecular flexibility index (Phi) is 2.60. The molecule has 0 spiro atoms. The lowest BCUT2D eigenvalue weighted by Gasteiger charge is -2.28. The molecule has 5 nitrogen and oxygen atoms in total. The van der Waals surface area contributed by atoms with Gasteiger partial charge in [0.05, 0.1) is 36.9 Å². The summed E-state index contributed by atoms with van der Waals surface area (Å²) < 4.78 is 12.5. The molecular weight excluding hydrogens is 264 g/mol. The van der Waals surface area contributed by atoms with Crippen LogP contribution in [0.3, 0.4) is 0 Å². The first-order chi connectivity index (χ1) is 9.09. The summed E-state index contributed by atoms with van der Waals surface area (Å²) in [5.41, 5.74) is 1.56. The molecule has 19 heavy (non-hydrogen) atoms. The molecule has 1 aliphatic heterocycles. The minimum Gasteiger partial charge on any atom is -0.343 e. The normalized spacial score (nSPS) is 16.7. The lowest BCUT2D eigenvalue weighted by molar-refractivity contribution is -0.385. The third-order valence-corrected chi connectivity index (χ3v) is 4.61. The van der Waals surface area contributed by atoms with Crippen LogP contribution < -0.4 is 4.90 Å². The molecule has 1 atom stereocenters. The van der Waals surface area contributed by atoms with Gasteiger partial charge in [-0.25, -0.2) is 4.21 Å². The van der Waals surface area contributed by atoms with Crippen LogP contribution in [0.1, 0.15) is 0 Å². The summed E-state index contributed by atoms with van der Waals surface area (Å²) >= 11 is 0. The van der Waals surface area contributed by atoms with Gasteiger partial charge in [-0.05, 0) is 18.2 Å². The summed E-state index contributed by atoms with van der Waals surface area (Å²) in [6.45, 7) is 0. The molecule has 1 unspecified atom stereocenters. The summed E-state index contributed by atoms with van der Waals surface area (Å²) in [6, 6.07) is 11.8. The molecule has 3 rings (SSSR count). The Morgan fingerprint density at radius 3 is 2.53 bits per heavy atom. The molecule has 1 heterocycles. The number of nitrogens with zero attached hydrogens (tertiary/aromatic N) is 2. The number of rotatable bonds is 1. The van der Waals surface area contributed by atoms with Crippen LogP contribution in [0.4, 0.5) is 17.1 Å². The van der Waals surface area contributed by atoms with Crippen molar-refractivity contribution in [2.75, 3.05) is 11.9 Å². The number of nitro benzene ring substituents is 1. The van der Waals surface area contributed by atoms with Crippen molar-refractivity contribution in [3.63, 3.8) is 0 Å². The van der Waals surface area contributed by atoms with Gasteiger partial charge in [0.25, 0.3) is 5.69 Å². The van der Waals surface area contributed by atoms with Crippen molar-refractivity contribution >= 4 is 27.9 Å². The number of benzene rings is 2. The van der Waals surface area contributed by atoms with E-state index in [1.54, 1.807) is 12.1 Å². The van der Waals surface area contributed by atoms with E-state index in [2.05, 4.69) is 0 Å². The molecule has 0 saturated carbocycles.